The summed E-state index contributed by atoms with van der Waals surface area (Å²) < 4.78 is 39.8. The number of nitrogens with one attached hydrogen (secondary N) is 1. The number of aryl methyl sites for hydroxylation is 1. The summed E-state index contributed by atoms with van der Waals surface area (Å²) in [6.45, 7) is 6.31. The van der Waals surface area contributed by atoms with Gasteiger partial charge in [0.2, 0.25) is 21.8 Å². The number of carbonyl (C=O) groups excluding carboxylic acids is 2. The molecular weight excluding hydrogens is 421 g/mol. The van der Waals surface area contributed by atoms with Crippen LogP contribution in [-0.2, 0) is 25.0 Å². The van der Waals surface area contributed by atoms with E-state index >= 15 is 0 Å². The van der Waals surface area contributed by atoms with Crippen LogP contribution in [0.3, 0.4) is 0 Å². The summed E-state index contributed by atoms with van der Waals surface area (Å²) in [7, 11) is -2.19. The Bertz CT molecular complexity index is 933. The molecule has 0 aromatic heterocycles. The van der Waals surface area contributed by atoms with Gasteiger partial charge in [-0.15, -0.1) is 0 Å². The first-order valence-electron chi connectivity index (χ1n) is 10.7. The zero-order valence-corrected chi connectivity index (χ0v) is 19.4. The SMILES string of the molecule is Cc1ccc(C(C)(C)CC(=O)N2C[C@@H](F)C[C@H]2CNC(=O)C2CCN(C)S2(=O)=O)cc1. The van der Waals surface area contributed by atoms with Gasteiger partial charge in [0.15, 0.2) is 5.25 Å². The quantitative estimate of drug-likeness (QED) is 0.711. The highest BCUT2D eigenvalue weighted by Gasteiger charge is 2.42. The van der Waals surface area contributed by atoms with E-state index in [1.54, 1.807) is 0 Å². The molecule has 2 aliphatic rings. The van der Waals surface area contributed by atoms with E-state index in [2.05, 4.69) is 5.32 Å². The van der Waals surface area contributed by atoms with E-state index in [-0.39, 0.29) is 38.3 Å². The first-order valence-corrected chi connectivity index (χ1v) is 12.2. The van der Waals surface area contributed by atoms with Gasteiger partial charge in [-0.2, -0.15) is 0 Å². The molecule has 1 aromatic rings. The molecule has 0 aliphatic carbocycles. The molecule has 0 bridgehead atoms. The molecule has 7 nitrogen and oxygen atoms in total. The molecule has 3 rings (SSSR count). The summed E-state index contributed by atoms with van der Waals surface area (Å²) in [4.78, 5) is 27.0. The van der Waals surface area contributed by atoms with Gasteiger partial charge in [-0.05, 0) is 24.3 Å². The van der Waals surface area contributed by atoms with Crippen LogP contribution in [0.5, 0.6) is 0 Å². The predicted octanol–water partition coefficient (Wildman–Crippen LogP) is 1.75. The largest absolute Gasteiger partial charge is 0.353 e. The maximum absolute atomic E-state index is 14.2. The van der Waals surface area contributed by atoms with Crippen LogP contribution in [0.2, 0.25) is 0 Å². The molecule has 31 heavy (non-hydrogen) atoms. The molecule has 9 heteroatoms. The van der Waals surface area contributed by atoms with Gasteiger partial charge in [0.1, 0.15) is 6.17 Å². The summed E-state index contributed by atoms with van der Waals surface area (Å²) in [6.07, 6.45) is -0.577. The van der Waals surface area contributed by atoms with Crippen molar-refractivity contribution in [3.05, 3.63) is 35.4 Å². The molecule has 3 atom stereocenters. The molecule has 2 heterocycles. The number of benzene rings is 1. The number of carbonyl (C=O) groups is 2. The lowest BCUT2D eigenvalue weighted by Crippen LogP contribution is -2.47. The maximum Gasteiger partial charge on any atom is 0.239 e. The normalized spacial score (nSPS) is 26.2. The van der Waals surface area contributed by atoms with Crippen molar-refractivity contribution >= 4 is 21.8 Å². The van der Waals surface area contributed by atoms with Crippen molar-refractivity contribution < 1.29 is 22.4 Å². The zero-order valence-electron chi connectivity index (χ0n) is 18.6. The first-order chi connectivity index (χ1) is 14.4. The first kappa shape index (κ1) is 23.7. The number of halogens is 1. The highest BCUT2D eigenvalue weighted by atomic mass is 32.2. The fourth-order valence-corrected chi connectivity index (χ4v) is 5.89. The fraction of sp³-hybridized carbons (Fsp3) is 0.636. The van der Waals surface area contributed by atoms with Crippen molar-refractivity contribution in [2.75, 3.05) is 26.7 Å². The Balaban J connectivity index is 1.63. The van der Waals surface area contributed by atoms with Crippen molar-refractivity contribution in [2.24, 2.45) is 0 Å². The van der Waals surface area contributed by atoms with E-state index in [9.17, 15) is 22.4 Å². The molecule has 0 spiro atoms. The summed E-state index contributed by atoms with van der Waals surface area (Å²) >= 11 is 0. The fourth-order valence-electron chi connectivity index (χ4n) is 4.34. The van der Waals surface area contributed by atoms with Crippen LogP contribution in [0.1, 0.15) is 44.2 Å². The summed E-state index contributed by atoms with van der Waals surface area (Å²) in [5.41, 5.74) is 1.75. The third-order valence-corrected chi connectivity index (χ3v) is 8.63. The number of amides is 2. The Morgan fingerprint density at radius 1 is 1.23 bits per heavy atom. The van der Waals surface area contributed by atoms with Gasteiger partial charge >= 0.3 is 0 Å². The second-order valence-electron chi connectivity index (χ2n) is 9.35. The predicted molar refractivity (Wildman–Crippen MR) is 117 cm³/mol. The average Bonchev–Trinajstić information content (AvgIpc) is 3.19. The van der Waals surface area contributed by atoms with Gasteiger partial charge in [0.25, 0.3) is 0 Å². The van der Waals surface area contributed by atoms with E-state index in [0.29, 0.717) is 6.54 Å². The van der Waals surface area contributed by atoms with E-state index in [0.717, 1.165) is 11.1 Å². The van der Waals surface area contributed by atoms with Crippen LogP contribution in [0.4, 0.5) is 4.39 Å². The van der Waals surface area contributed by atoms with Crippen molar-refractivity contribution in [3.8, 4) is 0 Å². The average molecular weight is 454 g/mol. The summed E-state index contributed by atoms with van der Waals surface area (Å²) in [6, 6.07) is 7.52. The molecule has 1 unspecified atom stereocenters. The Morgan fingerprint density at radius 2 is 1.87 bits per heavy atom. The van der Waals surface area contributed by atoms with Crippen LogP contribution in [0, 0.1) is 6.92 Å². The van der Waals surface area contributed by atoms with Crippen LogP contribution >= 0.6 is 0 Å². The molecular formula is C22H32FN3O4S. The van der Waals surface area contributed by atoms with Crippen LogP contribution in [0.15, 0.2) is 24.3 Å². The van der Waals surface area contributed by atoms with Gasteiger partial charge in [0.05, 0.1) is 12.6 Å². The Labute approximate surface area is 184 Å². The molecule has 2 aliphatic heterocycles. The summed E-state index contributed by atoms with van der Waals surface area (Å²) in [5, 5.41) is 1.52. The molecule has 0 radical (unpaired) electrons. The Hall–Kier alpha value is -2.00. The number of nitrogens with zero attached hydrogens (tertiary/aromatic N) is 2. The van der Waals surface area contributed by atoms with Crippen LogP contribution in [-0.4, -0.2) is 73.6 Å². The van der Waals surface area contributed by atoms with Gasteiger partial charge in [-0.3, -0.25) is 9.59 Å². The van der Waals surface area contributed by atoms with Crippen LogP contribution in [0.25, 0.3) is 0 Å². The van der Waals surface area contributed by atoms with E-state index in [1.807, 2.05) is 45.0 Å². The van der Waals surface area contributed by atoms with Gasteiger partial charge in [-0.1, -0.05) is 43.7 Å². The second-order valence-corrected chi connectivity index (χ2v) is 11.6. The van der Waals surface area contributed by atoms with Gasteiger partial charge < -0.3 is 10.2 Å². The van der Waals surface area contributed by atoms with Crippen molar-refractivity contribution in [2.45, 2.75) is 62.9 Å². The molecule has 1 aromatic carbocycles. The lowest BCUT2D eigenvalue weighted by Gasteiger charge is -2.30. The topological polar surface area (TPSA) is 86.8 Å². The van der Waals surface area contributed by atoms with Gasteiger partial charge in [0, 0.05) is 33.0 Å². The second kappa shape index (κ2) is 8.86. The summed E-state index contributed by atoms with van der Waals surface area (Å²) in [5.74, 6) is -0.753. The smallest absolute Gasteiger partial charge is 0.239 e. The number of alkyl halides is 1. The molecule has 2 amide bonds. The van der Waals surface area contributed by atoms with Gasteiger partial charge in [-0.25, -0.2) is 17.1 Å². The highest BCUT2D eigenvalue weighted by Crippen LogP contribution is 2.30. The van der Waals surface area contributed by atoms with Crippen molar-refractivity contribution in [3.63, 3.8) is 0 Å². The van der Waals surface area contributed by atoms with Crippen molar-refractivity contribution in [1.82, 2.24) is 14.5 Å². The third kappa shape index (κ3) is 5.09. The standard InChI is InChI=1S/C22H32FN3O4S/c1-15-5-7-16(8-6-15)22(2,3)12-20(27)26-14-17(23)11-18(26)13-24-21(28)19-9-10-25(4)31(19,29)30/h5-8,17-19H,9-14H2,1-4H3,(H,24,28)/t17-,18-,19?/m0/s1. The molecule has 0 saturated carbocycles. The number of hydrogen-bond donors (Lipinski definition) is 1. The van der Waals surface area contributed by atoms with Crippen molar-refractivity contribution in [1.29, 1.82) is 0 Å². The van der Waals surface area contributed by atoms with E-state index < -0.39 is 38.8 Å². The number of hydrogen-bond acceptors (Lipinski definition) is 4. The minimum Gasteiger partial charge on any atom is -0.353 e. The maximum atomic E-state index is 14.2. The molecule has 2 saturated heterocycles. The van der Waals surface area contributed by atoms with Crippen LogP contribution < -0.4 is 5.32 Å². The Kier molecular flexibility index (Phi) is 6.76. The lowest BCUT2D eigenvalue weighted by atomic mass is 9.81. The highest BCUT2D eigenvalue weighted by molar-refractivity contribution is 7.90. The minimum absolute atomic E-state index is 0.00614. The van der Waals surface area contributed by atoms with E-state index in [1.165, 1.54) is 16.3 Å². The van der Waals surface area contributed by atoms with E-state index in [4.69, 9.17) is 0 Å². The molecule has 1 N–H and O–H groups in total. The zero-order chi connectivity index (χ0) is 23.0. The molecule has 2 fully saturated rings. The molecule has 172 valence electrons. The number of sulfonamides is 1. The third-order valence-electron chi connectivity index (χ3n) is 6.41. The number of rotatable bonds is 6. The minimum atomic E-state index is -3.64. The lowest BCUT2D eigenvalue weighted by molar-refractivity contribution is -0.133. The Morgan fingerprint density at radius 3 is 2.45 bits per heavy atom. The monoisotopic (exact) mass is 453 g/mol. The number of likely N-dealkylation sites (tertiary alicyclic amines) is 1.